The lowest BCUT2D eigenvalue weighted by Gasteiger charge is -2.34. The molecule has 0 spiro atoms. The number of fused-ring (bicyclic) bond motifs is 2. The van der Waals surface area contributed by atoms with Gasteiger partial charge in [0.15, 0.2) is 0 Å². The molecule has 2 aliphatic rings. The lowest BCUT2D eigenvalue weighted by Crippen LogP contribution is -2.46. The zero-order valence-corrected chi connectivity index (χ0v) is 16.4. The molecule has 158 valence electrons. The number of urea groups is 1. The second kappa shape index (κ2) is 8.08. The van der Waals surface area contributed by atoms with Crippen molar-refractivity contribution < 1.29 is 13.8 Å². The van der Waals surface area contributed by atoms with Crippen LogP contribution >= 0.6 is 0 Å². The number of nitrogen functional groups attached to an aromatic ring is 1. The third-order valence-corrected chi connectivity index (χ3v) is 5.44. The molecular weight excluding hydrogens is 368 g/mol. The molecule has 8 heteroatoms. The number of nitrogens with two attached hydrogens (primary N) is 1. The number of nitrogens with one attached hydrogen (secondary N) is 3. The highest BCUT2D eigenvalue weighted by molar-refractivity contribution is 6.01. The van der Waals surface area contributed by atoms with Crippen LogP contribution in [0.5, 0.6) is 0 Å². The van der Waals surface area contributed by atoms with E-state index in [-0.39, 0.29) is 28.6 Å². The number of amides is 2. The number of pyridine rings is 1. The topological polar surface area (TPSA) is 116 Å². The monoisotopic (exact) mass is 400 g/mol. The van der Waals surface area contributed by atoms with Crippen LogP contribution in [0.2, 0.25) is 0 Å². The van der Waals surface area contributed by atoms with Crippen LogP contribution in [0.4, 0.5) is 16.3 Å². The Morgan fingerprint density at radius 3 is 2.66 bits per heavy atom. The highest BCUT2D eigenvalue weighted by Crippen LogP contribution is 2.28. The van der Waals surface area contributed by atoms with E-state index in [1.54, 1.807) is 12.3 Å². The second-order valence-corrected chi connectivity index (χ2v) is 7.60. The number of likely N-dealkylation sites (tertiary alicyclic amines) is 1. The van der Waals surface area contributed by atoms with Crippen molar-refractivity contribution >= 4 is 23.4 Å². The Morgan fingerprint density at radius 1 is 1.31 bits per heavy atom. The van der Waals surface area contributed by atoms with Crippen LogP contribution in [-0.2, 0) is 4.74 Å². The molecule has 2 bridgehead atoms. The maximum absolute atomic E-state index is 12.3. The minimum atomic E-state index is -0.360. The zero-order chi connectivity index (χ0) is 20.4. The Balaban J connectivity index is 0.00000171. The average Bonchev–Trinajstić information content (AvgIpc) is 3.05. The molecule has 3 heterocycles. The third-order valence-electron chi connectivity index (χ3n) is 5.44. The molecule has 0 radical (unpaired) electrons. The first-order chi connectivity index (χ1) is 14.0. The van der Waals surface area contributed by atoms with Gasteiger partial charge in [-0.05, 0) is 25.3 Å². The van der Waals surface area contributed by atoms with Crippen molar-refractivity contribution in [3.05, 3.63) is 53.7 Å². The maximum atomic E-state index is 12.3. The van der Waals surface area contributed by atoms with Gasteiger partial charge in [0.1, 0.15) is 11.7 Å². The predicted molar refractivity (Wildman–Crippen MR) is 118 cm³/mol. The molecule has 29 heavy (non-hydrogen) atoms. The van der Waals surface area contributed by atoms with Crippen molar-refractivity contribution in [2.24, 2.45) is 0 Å². The number of benzene rings is 1. The highest BCUT2D eigenvalue weighted by Gasteiger charge is 2.35. The lowest BCUT2D eigenvalue weighted by molar-refractivity contribution is -0.0157. The predicted octanol–water partition coefficient (Wildman–Crippen LogP) is 3.47. The summed E-state index contributed by atoms with van der Waals surface area (Å²) in [5.41, 5.74) is 8.16. The van der Waals surface area contributed by atoms with E-state index in [0.29, 0.717) is 36.0 Å². The fourth-order valence-corrected chi connectivity index (χ4v) is 3.88. The number of nitrogens with zero attached hydrogens (tertiary/aromatic N) is 2. The third kappa shape index (κ3) is 4.32. The van der Waals surface area contributed by atoms with Crippen molar-refractivity contribution in [2.75, 3.05) is 24.1 Å². The number of hydrogen-bond acceptors (Lipinski definition) is 5. The maximum Gasteiger partial charge on any atom is 0.320 e. The molecule has 2 aromatic rings. The van der Waals surface area contributed by atoms with Gasteiger partial charge >= 0.3 is 6.03 Å². The van der Waals surface area contributed by atoms with E-state index in [1.165, 1.54) is 0 Å². The van der Waals surface area contributed by atoms with Crippen molar-refractivity contribution in [3.63, 3.8) is 0 Å². The number of morpholine rings is 1. The van der Waals surface area contributed by atoms with Crippen LogP contribution in [0.3, 0.4) is 0 Å². The largest absolute Gasteiger partial charge is 0.398 e. The summed E-state index contributed by atoms with van der Waals surface area (Å²) in [6.45, 7) is 3.32. The number of hydrogen-bond donors (Lipinski definition) is 4. The molecule has 2 aliphatic heterocycles. The Morgan fingerprint density at radius 2 is 2.00 bits per heavy atom. The number of carbonyl (C=O) groups is 1. The first-order valence-electron chi connectivity index (χ1n) is 9.87. The fourth-order valence-electron chi connectivity index (χ4n) is 3.88. The van der Waals surface area contributed by atoms with Gasteiger partial charge in [-0.2, -0.15) is 0 Å². The molecule has 2 unspecified atom stereocenters. The van der Waals surface area contributed by atoms with Crippen LogP contribution in [0.25, 0.3) is 0 Å². The van der Waals surface area contributed by atoms with Gasteiger partial charge in [0.2, 0.25) is 0 Å². The summed E-state index contributed by atoms with van der Waals surface area (Å²) in [5.74, 6) is 0.697. The van der Waals surface area contributed by atoms with Crippen LogP contribution in [-0.4, -0.2) is 47.0 Å². The van der Waals surface area contributed by atoms with Crippen molar-refractivity contribution in [1.29, 1.82) is 5.41 Å². The summed E-state index contributed by atoms with van der Waals surface area (Å²) in [4.78, 5) is 18.6. The Labute approximate surface area is 174 Å². The van der Waals surface area contributed by atoms with Gasteiger partial charge in [-0.15, -0.1) is 0 Å². The lowest BCUT2D eigenvalue weighted by atomic mass is 10.1. The molecule has 1 aromatic carbocycles. The average molecular weight is 401 g/mol. The summed E-state index contributed by atoms with van der Waals surface area (Å²) >= 11 is 0. The number of aromatic nitrogens is 1. The normalized spacial score (nSPS) is 21.5. The van der Waals surface area contributed by atoms with E-state index in [2.05, 4.69) is 15.6 Å². The van der Waals surface area contributed by atoms with E-state index in [1.807, 2.05) is 42.2 Å². The Hall–Kier alpha value is -3.13. The van der Waals surface area contributed by atoms with Crippen molar-refractivity contribution in [1.82, 2.24) is 15.2 Å². The minimum absolute atomic E-state index is 0. The Bertz CT molecular complexity index is 906. The molecule has 2 fully saturated rings. The summed E-state index contributed by atoms with van der Waals surface area (Å²) in [5, 5.41) is 14.1. The van der Waals surface area contributed by atoms with E-state index >= 15 is 0 Å². The van der Waals surface area contributed by atoms with Crippen LogP contribution in [0.1, 0.15) is 41.2 Å². The molecule has 0 saturated carbocycles. The van der Waals surface area contributed by atoms with Gasteiger partial charge in [0, 0.05) is 35.3 Å². The van der Waals surface area contributed by atoms with Gasteiger partial charge in [-0.1, -0.05) is 30.3 Å². The summed E-state index contributed by atoms with van der Waals surface area (Å²) in [7, 11) is 0. The van der Waals surface area contributed by atoms with Crippen LogP contribution in [0.15, 0.2) is 42.6 Å². The number of anilines is 2. The molecule has 5 N–H and O–H groups in total. The summed E-state index contributed by atoms with van der Waals surface area (Å²) < 4.78 is 5.83. The van der Waals surface area contributed by atoms with Gasteiger partial charge in [-0.25, -0.2) is 9.78 Å². The van der Waals surface area contributed by atoms with Crippen molar-refractivity contribution in [3.8, 4) is 0 Å². The van der Waals surface area contributed by atoms with E-state index in [4.69, 9.17) is 15.9 Å². The number of ether oxygens (including phenoxy) is 1. The Kier molecular flexibility index (Phi) is 5.35. The summed E-state index contributed by atoms with van der Waals surface area (Å²) in [6, 6.07) is 10.8. The minimum Gasteiger partial charge on any atom is -0.398 e. The van der Waals surface area contributed by atoms with E-state index in [9.17, 15) is 4.79 Å². The zero-order valence-electron chi connectivity index (χ0n) is 16.4. The summed E-state index contributed by atoms with van der Waals surface area (Å²) in [6.07, 6.45) is 4.02. The molecule has 8 nitrogen and oxygen atoms in total. The van der Waals surface area contributed by atoms with Gasteiger partial charge < -0.3 is 20.7 Å². The van der Waals surface area contributed by atoms with Gasteiger partial charge in [0.05, 0.1) is 23.8 Å². The van der Waals surface area contributed by atoms with Crippen LogP contribution < -0.4 is 16.4 Å². The van der Waals surface area contributed by atoms with Gasteiger partial charge in [-0.3, -0.25) is 10.7 Å². The standard InChI is InChI=1S/C21H26N6O2.3H2/c1-13(14-5-3-2-4-6-14)25-21(28)26-19-9-18(22)17(10-24-19)20(23)27-11-15-7-8-16(12-27)29-15;;;/h2-6,9-10,13,15-16,23H,7-8,11-12H2,1H3,(H4,22,24,25,26,28);3*1H/t13-,15?,16?;;;/m1.../s1. The van der Waals surface area contributed by atoms with Crippen LogP contribution in [0, 0.1) is 5.41 Å². The quantitative estimate of drug-likeness (QED) is 0.463. The SMILES string of the molecule is C[C@@H](NC(=O)Nc1cc(N)c(C(=N)N2CC3CCC(C2)O3)cn1)c1ccccc1.[HH].[HH].[HH]. The molecule has 2 amide bonds. The van der Waals surface area contributed by atoms with Gasteiger partial charge in [0.25, 0.3) is 0 Å². The first-order valence-corrected chi connectivity index (χ1v) is 9.87. The van der Waals surface area contributed by atoms with E-state index in [0.717, 1.165) is 18.4 Å². The molecule has 2 saturated heterocycles. The highest BCUT2D eigenvalue weighted by atomic mass is 16.5. The molecule has 4 rings (SSSR count). The molecule has 1 aromatic heterocycles. The second-order valence-electron chi connectivity index (χ2n) is 7.60. The van der Waals surface area contributed by atoms with E-state index < -0.39 is 0 Å². The first kappa shape index (κ1) is 19.2. The molecule has 0 aliphatic carbocycles. The number of carbonyl (C=O) groups excluding carboxylic acids is 1. The number of rotatable bonds is 4. The molecular formula is C21H32N6O2. The fraction of sp³-hybridized carbons (Fsp3) is 0.381. The molecule has 3 atom stereocenters. The van der Waals surface area contributed by atoms with Crippen molar-refractivity contribution in [2.45, 2.75) is 38.0 Å². The smallest absolute Gasteiger partial charge is 0.320 e. The number of amidine groups is 1.